The lowest BCUT2D eigenvalue weighted by atomic mass is 9.92. The van der Waals surface area contributed by atoms with Gasteiger partial charge in [0.15, 0.2) is 0 Å². The molecule has 1 saturated heterocycles. The Morgan fingerprint density at radius 2 is 2.25 bits per heavy atom. The monoisotopic (exact) mass is 165 g/mol. The minimum absolute atomic E-state index is 0.851. The minimum atomic E-state index is 0.851. The van der Waals surface area contributed by atoms with Crippen molar-refractivity contribution in [3.8, 4) is 0 Å². The number of rotatable bonds is 2. The Balaban J connectivity index is 1.78. The normalized spacial score (nSPS) is 24.5. The number of nitrogens with zero attached hydrogens (tertiary/aromatic N) is 2. The number of hydrogen-bond donors (Lipinski definition) is 1. The predicted molar refractivity (Wildman–Crippen MR) is 51.0 cm³/mol. The molecule has 0 aromatic heterocycles. The van der Waals surface area contributed by atoms with E-state index in [4.69, 9.17) is 0 Å². The van der Waals surface area contributed by atoms with Crippen LogP contribution in [0.15, 0.2) is 9.98 Å². The third-order valence-corrected chi connectivity index (χ3v) is 2.58. The van der Waals surface area contributed by atoms with Gasteiger partial charge in [0.2, 0.25) is 0 Å². The van der Waals surface area contributed by atoms with E-state index in [0.717, 1.165) is 12.5 Å². The van der Waals surface area contributed by atoms with Crippen molar-refractivity contribution in [2.45, 2.75) is 19.3 Å². The Labute approximate surface area is 73.0 Å². The molecule has 12 heavy (non-hydrogen) atoms. The van der Waals surface area contributed by atoms with Crippen LogP contribution in [0.1, 0.15) is 19.3 Å². The lowest BCUT2D eigenvalue weighted by molar-refractivity contribution is 0.384. The number of aliphatic imine (C=N–C) groups is 2. The molecule has 0 amide bonds. The summed E-state index contributed by atoms with van der Waals surface area (Å²) in [6.07, 6.45) is 5.47. The Morgan fingerprint density at radius 3 is 2.92 bits per heavy atom. The molecular weight excluding hydrogens is 150 g/mol. The molecule has 1 fully saturated rings. The highest BCUT2D eigenvalue weighted by molar-refractivity contribution is 5.96. The van der Waals surface area contributed by atoms with Crippen LogP contribution in [-0.4, -0.2) is 31.7 Å². The van der Waals surface area contributed by atoms with E-state index in [-0.39, 0.29) is 0 Å². The second-order valence-electron chi connectivity index (χ2n) is 3.55. The van der Waals surface area contributed by atoms with Crippen LogP contribution in [0, 0.1) is 5.92 Å². The molecule has 0 aromatic carbocycles. The predicted octanol–water partition coefficient (Wildman–Crippen LogP) is 0.859. The van der Waals surface area contributed by atoms with Crippen molar-refractivity contribution in [2.75, 3.05) is 19.6 Å². The van der Waals surface area contributed by atoms with Crippen LogP contribution in [0.5, 0.6) is 0 Å². The third kappa shape index (κ3) is 1.91. The highest BCUT2D eigenvalue weighted by Crippen LogP contribution is 2.17. The van der Waals surface area contributed by atoms with Crippen molar-refractivity contribution >= 4 is 12.1 Å². The fourth-order valence-electron chi connectivity index (χ4n) is 1.85. The molecule has 0 bridgehead atoms. The van der Waals surface area contributed by atoms with Crippen LogP contribution >= 0.6 is 0 Å². The number of hydrogen-bond acceptors (Lipinski definition) is 3. The highest BCUT2D eigenvalue weighted by atomic mass is 14.9. The number of nitrogens with one attached hydrogen (secondary N) is 1. The molecule has 2 heterocycles. The van der Waals surface area contributed by atoms with E-state index in [1.807, 2.05) is 0 Å². The maximum absolute atomic E-state index is 4.23. The average Bonchev–Trinajstić information content (AvgIpc) is 2.59. The van der Waals surface area contributed by atoms with E-state index in [2.05, 4.69) is 15.3 Å². The molecule has 0 aromatic rings. The molecule has 2 rings (SSSR count). The summed E-state index contributed by atoms with van der Waals surface area (Å²) in [5.41, 5.74) is 1.28. The standard InChI is InChI=1S/C9H15N3/c1-3-10-4-2-8(1)5-9-6-11-7-12-9/h7-8,10H,1-6H2. The summed E-state index contributed by atoms with van der Waals surface area (Å²) in [6.45, 7) is 3.21. The Kier molecular flexibility index (Phi) is 2.51. The van der Waals surface area contributed by atoms with E-state index in [0.29, 0.717) is 0 Å². The summed E-state index contributed by atoms with van der Waals surface area (Å²) in [6, 6.07) is 0. The van der Waals surface area contributed by atoms with Crippen LogP contribution < -0.4 is 5.32 Å². The highest BCUT2D eigenvalue weighted by Gasteiger charge is 2.15. The summed E-state index contributed by atoms with van der Waals surface area (Å²) < 4.78 is 0. The summed E-state index contributed by atoms with van der Waals surface area (Å²) in [5, 5.41) is 3.37. The first-order valence-corrected chi connectivity index (χ1v) is 4.70. The summed E-state index contributed by atoms with van der Waals surface area (Å²) in [4.78, 5) is 8.32. The Hall–Kier alpha value is -0.700. The quantitative estimate of drug-likeness (QED) is 0.647. The van der Waals surface area contributed by atoms with E-state index in [1.54, 1.807) is 6.34 Å². The van der Waals surface area contributed by atoms with Gasteiger partial charge in [-0.2, -0.15) is 0 Å². The smallest absolute Gasteiger partial charge is 0.110 e. The second-order valence-corrected chi connectivity index (χ2v) is 3.55. The van der Waals surface area contributed by atoms with Gasteiger partial charge in [-0.1, -0.05) is 0 Å². The first kappa shape index (κ1) is 7.92. The fraction of sp³-hybridized carbons (Fsp3) is 0.778. The van der Waals surface area contributed by atoms with Crippen molar-refractivity contribution in [3.63, 3.8) is 0 Å². The van der Waals surface area contributed by atoms with Gasteiger partial charge in [0.25, 0.3) is 0 Å². The van der Waals surface area contributed by atoms with Gasteiger partial charge in [-0.05, 0) is 38.3 Å². The molecule has 0 radical (unpaired) electrons. The van der Waals surface area contributed by atoms with Crippen LogP contribution in [0.2, 0.25) is 0 Å². The Morgan fingerprint density at radius 1 is 1.42 bits per heavy atom. The molecule has 0 aliphatic carbocycles. The molecule has 2 aliphatic heterocycles. The molecule has 1 N–H and O–H groups in total. The zero-order valence-corrected chi connectivity index (χ0v) is 7.29. The topological polar surface area (TPSA) is 36.8 Å². The van der Waals surface area contributed by atoms with Gasteiger partial charge in [0.05, 0.1) is 6.54 Å². The first-order chi connectivity index (χ1) is 5.95. The maximum atomic E-state index is 4.23. The van der Waals surface area contributed by atoms with Crippen molar-refractivity contribution in [3.05, 3.63) is 0 Å². The van der Waals surface area contributed by atoms with Gasteiger partial charge >= 0.3 is 0 Å². The van der Waals surface area contributed by atoms with Gasteiger partial charge in [-0.15, -0.1) is 0 Å². The van der Waals surface area contributed by atoms with E-state index < -0.39 is 0 Å². The van der Waals surface area contributed by atoms with Gasteiger partial charge in [0, 0.05) is 5.71 Å². The molecule has 2 aliphatic rings. The van der Waals surface area contributed by atoms with Gasteiger partial charge < -0.3 is 5.32 Å². The van der Waals surface area contributed by atoms with Crippen molar-refractivity contribution in [1.29, 1.82) is 0 Å². The van der Waals surface area contributed by atoms with Crippen molar-refractivity contribution in [1.82, 2.24) is 5.32 Å². The summed E-state index contributed by atoms with van der Waals surface area (Å²) in [5.74, 6) is 0.853. The fourth-order valence-corrected chi connectivity index (χ4v) is 1.85. The lowest BCUT2D eigenvalue weighted by Gasteiger charge is -2.22. The molecule has 66 valence electrons. The van der Waals surface area contributed by atoms with Crippen LogP contribution in [-0.2, 0) is 0 Å². The van der Waals surface area contributed by atoms with Crippen molar-refractivity contribution in [2.24, 2.45) is 15.9 Å². The lowest BCUT2D eigenvalue weighted by Crippen LogP contribution is -2.29. The van der Waals surface area contributed by atoms with E-state index in [9.17, 15) is 0 Å². The first-order valence-electron chi connectivity index (χ1n) is 4.70. The second kappa shape index (κ2) is 3.81. The third-order valence-electron chi connectivity index (χ3n) is 2.58. The minimum Gasteiger partial charge on any atom is -0.317 e. The van der Waals surface area contributed by atoms with E-state index >= 15 is 0 Å². The molecule has 0 atom stereocenters. The van der Waals surface area contributed by atoms with Crippen LogP contribution in [0.25, 0.3) is 0 Å². The Bertz CT molecular complexity index is 202. The summed E-state index contributed by atoms with van der Waals surface area (Å²) in [7, 11) is 0. The maximum Gasteiger partial charge on any atom is 0.110 e. The molecule has 3 heteroatoms. The van der Waals surface area contributed by atoms with E-state index in [1.165, 1.54) is 38.1 Å². The molecule has 0 unspecified atom stereocenters. The van der Waals surface area contributed by atoms with Crippen LogP contribution in [0.3, 0.4) is 0 Å². The van der Waals surface area contributed by atoms with Gasteiger partial charge in [0.1, 0.15) is 6.34 Å². The van der Waals surface area contributed by atoms with Crippen molar-refractivity contribution < 1.29 is 0 Å². The molecule has 0 spiro atoms. The molecule has 0 saturated carbocycles. The summed E-state index contributed by atoms with van der Waals surface area (Å²) >= 11 is 0. The molecule has 3 nitrogen and oxygen atoms in total. The number of piperidine rings is 1. The largest absolute Gasteiger partial charge is 0.317 e. The SMILES string of the molecule is C1=NCC(CC2CCNCC2)=N1. The van der Waals surface area contributed by atoms with Gasteiger partial charge in [-0.25, -0.2) is 4.99 Å². The van der Waals surface area contributed by atoms with Crippen LogP contribution in [0.4, 0.5) is 0 Å². The zero-order chi connectivity index (χ0) is 8.23. The van der Waals surface area contributed by atoms with Gasteiger partial charge in [-0.3, -0.25) is 4.99 Å². The molecular formula is C9H15N3. The average molecular weight is 165 g/mol. The zero-order valence-electron chi connectivity index (χ0n) is 7.29.